The number of carbonyl (C=O) groups excluding carboxylic acids is 1. The Labute approximate surface area is 137 Å². The molecule has 0 radical (unpaired) electrons. The molecule has 1 unspecified atom stereocenters. The third-order valence-corrected chi connectivity index (χ3v) is 4.11. The van der Waals surface area contributed by atoms with E-state index < -0.39 is 0 Å². The van der Waals surface area contributed by atoms with E-state index in [2.05, 4.69) is 4.98 Å². The van der Waals surface area contributed by atoms with E-state index in [4.69, 9.17) is 4.74 Å². The summed E-state index contributed by atoms with van der Waals surface area (Å²) in [6.07, 6.45) is 3.98. The van der Waals surface area contributed by atoms with Gasteiger partial charge in [-0.1, -0.05) is 23.8 Å². The maximum atomic E-state index is 12.9. The van der Waals surface area contributed by atoms with Gasteiger partial charge in [-0.25, -0.2) is 0 Å². The number of aromatic nitrogens is 1. The molecule has 0 bridgehead atoms. The molecule has 0 aliphatic carbocycles. The number of amides is 1. The third-order valence-electron chi connectivity index (χ3n) is 4.11. The highest BCUT2D eigenvalue weighted by molar-refractivity contribution is 5.94. The molecule has 1 aromatic carbocycles. The number of aryl methyl sites for hydroxylation is 1. The molecule has 1 aromatic heterocycles. The lowest BCUT2D eigenvalue weighted by Gasteiger charge is -2.25. The van der Waals surface area contributed by atoms with Gasteiger partial charge >= 0.3 is 0 Å². The average Bonchev–Trinajstić information content (AvgIpc) is 3.08. The number of hydrogen-bond donors (Lipinski definition) is 0. The SMILES string of the molecule is Cc1ccc(C(=O)N(Cc2ccccn2)CC2CCCO2)cc1. The van der Waals surface area contributed by atoms with E-state index in [9.17, 15) is 4.79 Å². The number of benzene rings is 1. The standard InChI is InChI=1S/C19H22N2O2/c1-15-7-9-16(10-8-15)19(22)21(14-18-6-4-12-23-18)13-17-5-2-3-11-20-17/h2-3,5,7-11,18H,4,6,12-14H2,1H3. The quantitative estimate of drug-likeness (QED) is 0.851. The van der Waals surface area contributed by atoms with Crippen molar-refractivity contribution in [1.82, 2.24) is 9.88 Å². The van der Waals surface area contributed by atoms with E-state index in [0.29, 0.717) is 18.7 Å². The Bertz CT molecular complexity index is 634. The van der Waals surface area contributed by atoms with Crippen LogP contribution in [-0.2, 0) is 11.3 Å². The first-order valence-electron chi connectivity index (χ1n) is 8.10. The second-order valence-corrected chi connectivity index (χ2v) is 6.01. The topological polar surface area (TPSA) is 42.4 Å². The molecule has 1 amide bonds. The van der Waals surface area contributed by atoms with Gasteiger partial charge in [0.15, 0.2) is 0 Å². The van der Waals surface area contributed by atoms with E-state index >= 15 is 0 Å². The van der Waals surface area contributed by atoms with Crippen LogP contribution in [-0.4, -0.2) is 35.0 Å². The first-order valence-corrected chi connectivity index (χ1v) is 8.10. The Morgan fingerprint density at radius 1 is 1.26 bits per heavy atom. The fraction of sp³-hybridized carbons (Fsp3) is 0.368. The van der Waals surface area contributed by atoms with Gasteiger partial charge in [0.05, 0.1) is 18.3 Å². The number of ether oxygens (including phenoxy) is 1. The molecule has 1 fully saturated rings. The summed E-state index contributed by atoms with van der Waals surface area (Å²) in [6.45, 7) is 3.93. The van der Waals surface area contributed by atoms with Gasteiger partial charge in [-0.2, -0.15) is 0 Å². The van der Waals surface area contributed by atoms with Crippen LogP contribution in [0.2, 0.25) is 0 Å². The van der Waals surface area contributed by atoms with Gasteiger partial charge in [0.2, 0.25) is 0 Å². The number of pyridine rings is 1. The molecule has 1 atom stereocenters. The van der Waals surface area contributed by atoms with Crippen LogP contribution in [0.4, 0.5) is 0 Å². The van der Waals surface area contributed by atoms with Gasteiger partial charge in [-0.3, -0.25) is 9.78 Å². The van der Waals surface area contributed by atoms with Crippen molar-refractivity contribution in [3.8, 4) is 0 Å². The molecular weight excluding hydrogens is 288 g/mol. The fourth-order valence-corrected chi connectivity index (χ4v) is 2.82. The Hall–Kier alpha value is -2.20. The first kappa shape index (κ1) is 15.7. The first-order chi connectivity index (χ1) is 11.2. The summed E-state index contributed by atoms with van der Waals surface area (Å²) in [6, 6.07) is 13.5. The van der Waals surface area contributed by atoms with E-state index in [1.54, 1.807) is 6.20 Å². The zero-order valence-corrected chi connectivity index (χ0v) is 13.4. The summed E-state index contributed by atoms with van der Waals surface area (Å²) in [5.74, 6) is 0.0335. The summed E-state index contributed by atoms with van der Waals surface area (Å²) in [5, 5.41) is 0. The fourth-order valence-electron chi connectivity index (χ4n) is 2.82. The minimum atomic E-state index is 0.0335. The number of rotatable bonds is 5. The molecule has 4 nitrogen and oxygen atoms in total. The molecule has 1 aliphatic heterocycles. The maximum absolute atomic E-state index is 12.9. The van der Waals surface area contributed by atoms with Gasteiger partial charge in [0, 0.05) is 24.9 Å². The molecule has 0 saturated carbocycles. The van der Waals surface area contributed by atoms with Crippen LogP contribution in [0, 0.1) is 6.92 Å². The average molecular weight is 310 g/mol. The predicted octanol–water partition coefficient (Wildman–Crippen LogP) is 3.21. The van der Waals surface area contributed by atoms with E-state index in [1.165, 1.54) is 0 Å². The minimum absolute atomic E-state index is 0.0335. The number of carbonyl (C=O) groups is 1. The Morgan fingerprint density at radius 2 is 2.09 bits per heavy atom. The molecule has 23 heavy (non-hydrogen) atoms. The van der Waals surface area contributed by atoms with Crippen LogP contribution in [0.15, 0.2) is 48.7 Å². The normalized spacial score (nSPS) is 17.2. The maximum Gasteiger partial charge on any atom is 0.254 e. The van der Waals surface area contributed by atoms with Crippen molar-refractivity contribution in [2.45, 2.75) is 32.4 Å². The van der Waals surface area contributed by atoms with Crippen molar-refractivity contribution in [2.75, 3.05) is 13.2 Å². The summed E-state index contributed by atoms with van der Waals surface area (Å²) in [4.78, 5) is 19.1. The van der Waals surface area contributed by atoms with Crippen molar-refractivity contribution >= 4 is 5.91 Å². The summed E-state index contributed by atoms with van der Waals surface area (Å²) >= 11 is 0. The molecule has 1 aliphatic rings. The van der Waals surface area contributed by atoms with Crippen molar-refractivity contribution in [3.63, 3.8) is 0 Å². The largest absolute Gasteiger partial charge is 0.376 e. The summed E-state index contributed by atoms with van der Waals surface area (Å²) < 4.78 is 5.71. The molecule has 0 spiro atoms. The lowest BCUT2D eigenvalue weighted by Crippen LogP contribution is -2.37. The molecule has 2 aromatic rings. The molecule has 0 N–H and O–H groups in total. The smallest absolute Gasteiger partial charge is 0.254 e. The highest BCUT2D eigenvalue weighted by atomic mass is 16.5. The molecule has 3 rings (SSSR count). The van der Waals surface area contributed by atoms with Gasteiger partial charge in [-0.05, 0) is 44.0 Å². The molecule has 1 saturated heterocycles. The summed E-state index contributed by atoms with van der Waals surface area (Å²) in [7, 11) is 0. The van der Waals surface area contributed by atoms with Crippen LogP contribution < -0.4 is 0 Å². The van der Waals surface area contributed by atoms with Crippen LogP contribution >= 0.6 is 0 Å². The zero-order chi connectivity index (χ0) is 16.1. The second-order valence-electron chi connectivity index (χ2n) is 6.01. The number of hydrogen-bond acceptors (Lipinski definition) is 3. The predicted molar refractivity (Wildman–Crippen MR) is 89.1 cm³/mol. The highest BCUT2D eigenvalue weighted by Crippen LogP contribution is 2.17. The zero-order valence-electron chi connectivity index (χ0n) is 13.4. The second kappa shape index (κ2) is 7.38. The Morgan fingerprint density at radius 3 is 2.74 bits per heavy atom. The monoisotopic (exact) mass is 310 g/mol. The van der Waals surface area contributed by atoms with Crippen LogP contribution in [0.25, 0.3) is 0 Å². The third kappa shape index (κ3) is 4.17. The van der Waals surface area contributed by atoms with E-state index in [0.717, 1.165) is 30.7 Å². The van der Waals surface area contributed by atoms with Crippen molar-refractivity contribution in [2.24, 2.45) is 0 Å². The van der Waals surface area contributed by atoms with Crippen molar-refractivity contribution < 1.29 is 9.53 Å². The molecule has 4 heteroatoms. The lowest BCUT2D eigenvalue weighted by atomic mass is 10.1. The van der Waals surface area contributed by atoms with Gasteiger partial charge in [-0.15, -0.1) is 0 Å². The molecular formula is C19H22N2O2. The van der Waals surface area contributed by atoms with Crippen LogP contribution in [0.3, 0.4) is 0 Å². The van der Waals surface area contributed by atoms with E-state index in [-0.39, 0.29) is 12.0 Å². The van der Waals surface area contributed by atoms with Gasteiger partial charge in [0.1, 0.15) is 0 Å². The minimum Gasteiger partial charge on any atom is -0.376 e. The number of nitrogens with zero attached hydrogens (tertiary/aromatic N) is 2. The molecule has 2 heterocycles. The lowest BCUT2D eigenvalue weighted by molar-refractivity contribution is 0.0504. The van der Waals surface area contributed by atoms with Crippen molar-refractivity contribution in [3.05, 3.63) is 65.5 Å². The van der Waals surface area contributed by atoms with Gasteiger partial charge in [0.25, 0.3) is 5.91 Å². The Kier molecular flexibility index (Phi) is 5.03. The van der Waals surface area contributed by atoms with E-state index in [1.807, 2.05) is 54.3 Å². The summed E-state index contributed by atoms with van der Waals surface area (Å²) in [5.41, 5.74) is 2.76. The van der Waals surface area contributed by atoms with Crippen molar-refractivity contribution in [1.29, 1.82) is 0 Å². The van der Waals surface area contributed by atoms with Crippen LogP contribution in [0.5, 0.6) is 0 Å². The van der Waals surface area contributed by atoms with Gasteiger partial charge < -0.3 is 9.64 Å². The molecule has 120 valence electrons. The highest BCUT2D eigenvalue weighted by Gasteiger charge is 2.23. The van der Waals surface area contributed by atoms with Crippen LogP contribution in [0.1, 0.15) is 34.5 Å². The Balaban J connectivity index is 1.78.